The molecule has 258 valence electrons. The SMILES string of the molecule is c1ccc(-c2ccc(N(c3cc(-c4ccc5c(c4)oc4ccccc45)cc(-c4cccc5ccccc45)c3)c3cccc4c3sc3ccccc34)cc2)cc1. The summed E-state index contributed by atoms with van der Waals surface area (Å²) in [5, 5.41) is 7.26. The van der Waals surface area contributed by atoms with Crippen LogP contribution in [0.1, 0.15) is 0 Å². The van der Waals surface area contributed by atoms with Crippen molar-refractivity contribution in [1.82, 2.24) is 0 Å². The molecule has 0 aliphatic rings. The Balaban J connectivity index is 1.18. The van der Waals surface area contributed by atoms with Gasteiger partial charge in [-0.3, -0.25) is 0 Å². The minimum atomic E-state index is 0.888. The monoisotopic (exact) mass is 719 g/mol. The van der Waals surface area contributed by atoms with Gasteiger partial charge in [-0.25, -0.2) is 0 Å². The van der Waals surface area contributed by atoms with Crippen molar-refractivity contribution < 1.29 is 4.42 Å². The average molecular weight is 720 g/mol. The van der Waals surface area contributed by atoms with Crippen LogP contribution >= 0.6 is 11.3 Å². The zero-order chi connectivity index (χ0) is 36.3. The van der Waals surface area contributed by atoms with Gasteiger partial charge in [-0.15, -0.1) is 11.3 Å². The minimum Gasteiger partial charge on any atom is -0.456 e. The van der Waals surface area contributed by atoms with Gasteiger partial charge in [-0.05, 0) is 105 Å². The summed E-state index contributed by atoms with van der Waals surface area (Å²) in [6.45, 7) is 0. The lowest BCUT2D eigenvalue weighted by Crippen LogP contribution is -2.10. The molecule has 0 bridgehead atoms. The highest BCUT2D eigenvalue weighted by Crippen LogP contribution is 2.47. The van der Waals surface area contributed by atoms with Crippen LogP contribution in [-0.2, 0) is 0 Å². The normalized spacial score (nSPS) is 11.6. The Morgan fingerprint density at radius 1 is 0.364 bits per heavy atom. The zero-order valence-electron chi connectivity index (χ0n) is 29.8. The molecule has 0 amide bonds. The number of para-hydroxylation sites is 1. The van der Waals surface area contributed by atoms with Gasteiger partial charge in [0.05, 0.1) is 10.4 Å². The van der Waals surface area contributed by atoms with Gasteiger partial charge in [0, 0.05) is 37.6 Å². The maximum atomic E-state index is 6.42. The second kappa shape index (κ2) is 12.9. The van der Waals surface area contributed by atoms with Crippen LogP contribution < -0.4 is 4.90 Å². The smallest absolute Gasteiger partial charge is 0.136 e. The summed E-state index contributed by atoms with van der Waals surface area (Å²) < 4.78 is 8.97. The van der Waals surface area contributed by atoms with E-state index in [2.05, 4.69) is 193 Å². The molecule has 3 heteroatoms. The van der Waals surface area contributed by atoms with Gasteiger partial charge in [0.25, 0.3) is 0 Å². The van der Waals surface area contributed by atoms with E-state index >= 15 is 0 Å². The van der Waals surface area contributed by atoms with Crippen LogP contribution in [0.4, 0.5) is 17.1 Å². The number of hydrogen-bond acceptors (Lipinski definition) is 3. The third-order valence-corrected chi connectivity index (χ3v) is 12.1. The molecule has 0 radical (unpaired) electrons. The highest BCUT2D eigenvalue weighted by molar-refractivity contribution is 7.26. The zero-order valence-corrected chi connectivity index (χ0v) is 30.6. The molecular weight excluding hydrogens is 687 g/mol. The van der Waals surface area contributed by atoms with Crippen LogP contribution in [0.5, 0.6) is 0 Å². The minimum absolute atomic E-state index is 0.888. The van der Waals surface area contributed by atoms with Gasteiger partial charge >= 0.3 is 0 Å². The van der Waals surface area contributed by atoms with E-state index in [1.54, 1.807) is 0 Å². The molecule has 0 fully saturated rings. The molecule has 0 spiro atoms. The van der Waals surface area contributed by atoms with Gasteiger partial charge in [0.2, 0.25) is 0 Å². The first-order chi connectivity index (χ1) is 27.2. The molecule has 2 nitrogen and oxygen atoms in total. The highest BCUT2D eigenvalue weighted by atomic mass is 32.1. The van der Waals surface area contributed by atoms with Crippen molar-refractivity contribution in [1.29, 1.82) is 0 Å². The lowest BCUT2D eigenvalue weighted by atomic mass is 9.93. The summed E-state index contributed by atoms with van der Waals surface area (Å²) in [7, 11) is 0. The van der Waals surface area contributed by atoms with Crippen LogP contribution in [-0.4, -0.2) is 0 Å². The largest absolute Gasteiger partial charge is 0.456 e. The first kappa shape index (κ1) is 31.6. The van der Waals surface area contributed by atoms with Crippen molar-refractivity contribution in [2.24, 2.45) is 0 Å². The topological polar surface area (TPSA) is 16.4 Å². The van der Waals surface area contributed by atoms with E-state index in [1.807, 2.05) is 23.5 Å². The van der Waals surface area contributed by atoms with Gasteiger partial charge in [0.15, 0.2) is 0 Å². The summed E-state index contributed by atoms with van der Waals surface area (Å²) in [6, 6.07) is 72.4. The highest BCUT2D eigenvalue weighted by Gasteiger charge is 2.21. The molecule has 0 atom stereocenters. The molecule has 0 saturated carbocycles. The van der Waals surface area contributed by atoms with Crippen molar-refractivity contribution in [2.45, 2.75) is 0 Å². The predicted molar refractivity (Wildman–Crippen MR) is 235 cm³/mol. The van der Waals surface area contributed by atoms with Crippen molar-refractivity contribution >= 4 is 81.3 Å². The Kier molecular flexibility index (Phi) is 7.39. The molecule has 0 saturated heterocycles. The fourth-order valence-corrected chi connectivity index (χ4v) is 9.42. The Morgan fingerprint density at radius 3 is 1.91 bits per heavy atom. The van der Waals surface area contributed by atoms with Crippen molar-refractivity contribution in [2.75, 3.05) is 4.90 Å². The summed E-state index contributed by atoms with van der Waals surface area (Å²) in [5.74, 6) is 0. The number of furan rings is 1. The van der Waals surface area contributed by atoms with Gasteiger partial charge in [-0.2, -0.15) is 0 Å². The van der Waals surface area contributed by atoms with Crippen molar-refractivity contribution in [3.05, 3.63) is 200 Å². The molecule has 0 aliphatic carbocycles. The Labute approximate surface area is 322 Å². The molecule has 11 rings (SSSR count). The third kappa shape index (κ3) is 5.40. The van der Waals surface area contributed by atoms with E-state index < -0.39 is 0 Å². The molecular formula is C52H33NOS. The van der Waals surface area contributed by atoms with E-state index in [0.29, 0.717) is 0 Å². The maximum Gasteiger partial charge on any atom is 0.136 e. The molecule has 2 heterocycles. The Bertz CT molecular complexity index is 3200. The molecule has 11 aromatic rings. The standard InChI is InChI=1S/C52H33NOS/c1-2-12-34(13-3-1)35-24-27-40(28-25-35)53(48-21-11-20-47-46-18-7-9-23-51(46)55-52(47)48)41-31-38(30-39(32-41)43-19-10-15-36-14-4-5-16-42(36)43)37-26-29-45-44-17-6-8-22-49(44)54-50(45)33-37/h1-33H. The van der Waals surface area contributed by atoms with E-state index in [9.17, 15) is 0 Å². The van der Waals surface area contributed by atoms with Crippen LogP contribution in [0, 0.1) is 0 Å². The Morgan fingerprint density at radius 2 is 1.02 bits per heavy atom. The first-order valence-electron chi connectivity index (χ1n) is 18.7. The van der Waals surface area contributed by atoms with Gasteiger partial charge in [0.1, 0.15) is 11.2 Å². The van der Waals surface area contributed by atoms with Crippen LogP contribution in [0.25, 0.3) is 86.3 Å². The number of nitrogens with zero attached hydrogens (tertiary/aromatic N) is 1. The van der Waals surface area contributed by atoms with E-state index in [-0.39, 0.29) is 0 Å². The van der Waals surface area contributed by atoms with E-state index in [4.69, 9.17) is 4.42 Å². The van der Waals surface area contributed by atoms with E-state index in [0.717, 1.165) is 55.7 Å². The lowest BCUT2D eigenvalue weighted by molar-refractivity contribution is 0.669. The summed E-state index contributed by atoms with van der Waals surface area (Å²) in [4.78, 5) is 2.45. The molecule has 9 aromatic carbocycles. The fraction of sp³-hybridized carbons (Fsp3) is 0. The number of fused-ring (bicyclic) bond motifs is 7. The van der Waals surface area contributed by atoms with Crippen molar-refractivity contribution in [3.63, 3.8) is 0 Å². The lowest BCUT2D eigenvalue weighted by Gasteiger charge is -2.28. The molecule has 0 aliphatic heterocycles. The average Bonchev–Trinajstić information content (AvgIpc) is 3.83. The summed E-state index contributed by atoms with van der Waals surface area (Å²) in [5.41, 5.74) is 12.1. The fourth-order valence-electron chi connectivity index (χ4n) is 8.21. The second-order valence-corrected chi connectivity index (χ2v) is 15.2. The molecule has 0 unspecified atom stereocenters. The van der Waals surface area contributed by atoms with Gasteiger partial charge < -0.3 is 9.32 Å². The second-order valence-electron chi connectivity index (χ2n) is 14.1. The van der Waals surface area contributed by atoms with Crippen LogP contribution in [0.3, 0.4) is 0 Å². The number of anilines is 3. The molecule has 2 aromatic heterocycles. The van der Waals surface area contributed by atoms with Crippen molar-refractivity contribution in [3.8, 4) is 33.4 Å². The van der Waals surface area contributed by atoms with Crippen LogP contribution in [0.2, 0.25) is 0 Å². The predicted octanol–water partition coefficient (Wildman–Crippen LogP) is 15.6. The van der Waals surface area contributed by atoms with E-state index in [1.165, 1.54) is 47.6 Å². The molecule has 55 heavy (non-hydrogen) atoms. The third-order valence-electron chi connectivity index (χ3n) is 10.8. The van der Waals surface area contributed by atoms with Crippen LogP contribution in [0.15, 0.2) is 205 Å². The summed E-state index contributed by atoms with van der Waals surface area (Å²) in [6.07, 6.45) is 0. The first-order valence-corrected chi connectivity index (χ1v) is 19.5. The molecule has 0 N–H and O–H groups in total. The number of rotatable bonds is 6. The maximum absolute atomic E-state index is 6.42. The number of thiophene rings is 1. The Hall–Kier alpha value is -6.94. The number of hydrogen-bond donors (Lipinski definition) is 0. The van der Waals surface area contributed by atoms with Gasteiger partial charge in [-0.1, -0.05) is 140 Å². The number of benzene rings is 9. The quantitative estimate of drug-likeness (QED) is 0.170. The summed E-state index contributed by atoms with van der Waals surface area (Å²) >= 11 is 1.86.